The quantitative estimate of drug-likeness (QED) is 0.339. The Morgan fingerprint density at radius 1 is 1.07 bits per heavy atom. The van der Waals surface area contributed by atoms with Gasteiger partial charge in [0.25, 0.3) is 0 Å². The molecule has 0 radical (unpaired) electrons. The zero-order chi connectivity index (χ0) is 20.7. The van der Waals surface area contributed by atoms with Gasteiger partial charge in [0.05, 0.1) is 19.1 Å². The van der Waals surface area contributed by atoms with Crippen molar-refractivity contribution in [2.24, 2.45) is 5.84 Å². The molecule has 1 aromatic rings. The number of amides is 2. The summed E-state index contributed by atoms with van der Waals surface area (Å²) < 4.78 is 37.4. The molecule has 0 aliphatic carbocycles. The molecule has 2 rings (SSSR count). The highest BCUT2D eigenvalue weighted by atomic mass is 32.2. The van der Waals surface area contributed by atoms with Crippen LogP contribution in [0, 0.1) is 0 Å². The number of carbonyl (C=O) groups is 2. The first-order valence-electron chi connectivity index (χ1n) is 8.83. The van der Waals surface area contributed by atoms with E-state index in [4.69, 9.17) is 15.3 Å². The highest BCUT2D eigenvalue weighted by Crippen LogP contribution is 2.30. The molecular weight excluding hydrogens is 388 g/mol. The number of nitrogens with one attached hydrogen (secondary N) is 1. The Morgan fingerprint density at radius 3 is 2.29 bits per heavy atom. The van der Waals surface area contributed by atoms with Gasteiger partial charge in [-0.25, -0.2) is 14.3 Å². The van der Waals surface area contributed by atoms with Crippen LogP contribution >= 0.6 is 0 Å². The number of nitrogens with two attached hydrogens (primary N) is 1. The van der Waals surface area contributed by atoms with Crippen molar-refractivity contribution in [1.82, 2.24) is 14.6 Å². The van der Waals surface area contributed by atoms with Crippen molar-refractivity contribution in [2.75, 3.05) is 40.4 Å². The second-order valence-corrected chi connectivity index (χ2v) is 8.16. The lowest BCUT2D eigenvalue weighted by Gasteiger charge is -2.34. The summed E-state index contributed by atoms with van der Waals surface area (Å²) >= 11 is 0. The molecule has 0 atom stereocenters. The summed E-state index contributed by atoms with van der Waals surface area (Å²) in [7, 11) is -0.790. The molecule has 0 bridgehead atoms. The van der Waals surface area contributed by atoms with Crippen molar-refractivity contribution in [3.8, 4) is 11.5 Å². The number of hydrazine groups is 1. The fourth-order valence-electron chi connectivity index (χ4n) is 2.93. The van der Waals surface area contributed by atoms with Crippen LogP contribution in [0.4, 0.5) is 0 Å². The van der Waals surface area contributed by atoms with E-state index in [1.807, 2.05) is 5.43 Å². The van der Waals surface area contributed by atoms with Gasteiger partial charge >= 0.3 is 0 Å². The van der Waals surface area contributed by atoms with Crippen LogP contribution in [0.25, 0.3) is 0 Å². The van der Waals surface area contributed by atoms with Crippen molar-refractivity contribution in [1.29, 1.82) is 0 Å². The van der Waals surface area contributed by atoms with Gasteiger partial charge < -0.3 is 14.4 Å². The predicted molar refractivity (Wildman–Crippen MR) is 101 cm³/mol. The second-order valence-electron chi connectivity index (χ2n) is 6.22. The number of hydrogen-bond donors (Lipinski definition) is 2. The first kappa shape index (κ1) is 21.9. The Labute approximate surface area is 164 Å². The van der Waals surface area contributed by atoms with Crippen LogP contribution in [-0.2, 0) is 19.6 Å². The topological polar surface area (TPSA) is 131 Å². The third-order valence-corrected chi connectivity index (χ3v) is 6.43. The molecule has 10 nitrogen and oxygen atoms in total. The molecule has 1 fully saturated rings. The number of hydrogen-bond acceptors (Lipinski definition) is 7. The van der Waals surface area contributed by atoms with E-state index in [1.54, 1.807) is 11.0 Å². The molecule has 28 heavy (non-hydrogen) atoms. The molecular formula is C17H26N4O6S. The van der Waals surface area contributed by atoms with Gasteiger partial charge in [0.15, 0.2) is 11.5 Å². The number of ether oxygens (including phenoxy) is 2. The van der Waals surface area contributed by atoms with Crippen molar-refractivity contribution in [2.45, 2.75) is 24.2 Å². The zero-order valence-corrected chi connectivity index (χ0v) is 16.8. The summed E-state index contributed by atoms with van der Waals surface area (Å²) in [5.41, 5.74) is 2.02. The zero-order valence-electron chi connectivity index (χ0n) is 16.0. The molecule has 11 heteroatoms. The van der Waals surface area contributed by atoms with E-state index in [2.05, 4.69) is 0 Å². The van der Waals surface area contributed by atoms with E-state index in [0.717, 1.165) is 0 Å². The van der Waals surface area contributed by atoms with Crippen LogP contribution in [0.5, 0.6) is 11.5 Å². The molecule has 0 spiro atoms. The fraction of sp³-hybridized carbons (Fsp3) is 0.529. The monoisotopic (exact) mass is 414 g/mol. The Bertz CT molecular complexity index is 806. The van der Waals surface area contributed by atoms with E-state index in [1.165, 1.54) is 30.7 Å². The number of piperazine rings is 1. The lowest BCUT2D eigenvalue weighted by Crippen LogP contribution is -2.50. The molecule has 1 aliphatic heterocycles. The molecule has 1 aliphatic rings. The van der Waals surface area contributed by atoms with Crippen LogP contribution in [-0.4, -0.2) is 69.8 Å². The van der Waals surface area contributed by atoms with Crippen LogP contribution in [0.3, 0.4) is 0 Å². The van der Waals surface area contributed by atoms with Crippen molar-refractivity contribution in [3.05, 3.63) is 18.2 Å². The third-order valence-electron chi connectivity index (χ3n) is 4.54. The Kier molecular flexibility index (Phi) is 7.61. The number of benzene rings is 1. The smallest absolute Gasteiger partial charge is 0.243 e. The number of rotatable bonds is 8. The minimum atomic E-state index is -3.71. The minimum Gasteiger partial charge on any atom is -0.493 e. The SMILES string of the molecule is COc1ccc(S(=O)(=O)N2CCN(C(=O)CCCC(=O)NN)CC2)cc1OC. The first-order chi connectivity index (χ1) is 13.3. The maximum atomic E-state index is 12.9. The highest BCUT2D eigenvalue weighted by molar-refractivity contribution is 7.89. The van der Waals surface area contributed by atoms with Gasteiger partial charge in [-0.2, -0.15) is 4.31 Å². The Morgan fingerprint density at radius 2 is 1.71 bits per heavy atom. The van der Waals surface area contributed by atoms with Gasteiger partial charge in [0, 0.05) is 45.1 Å². The average Bonchev–Trinajstić information content (AvgIpc) is 2.72. The second kappa shape index (κ2) is 9.71. The largest absolute Gasteiger partial charge is 0.493 e. The molecule has 0 aromatic heterocycles. The molecule has 3 N–H and O–H groups in total. The number of methoxy groups -OCH3 is 2. The van der Waals surface area contributed by atoms with E-state index >= 15 is 0 Å². The van der Waals surface area contributed by atoms with Crippen LogP contribution in [0.15, 0.2) is 23.1 Å². The van der Waals surface area contributed by atoms with Crippen molar-refractivity contribution in [3.63, 3.8) is 0 Å². The van der Waals surface area contributed by atoms with Gasteiger partial charge in [0.2, 0.25) is 21.8 Å². The first-order valence-corrected chi connectivity index (χ1v) is 10.3. The van der Waals surface area contributed by atoms with Gasteiger partial charge in [-0.05, 0) is 18.6 Å². The van der Waals surface area contributed by atoms with Crippen molar-refractivity contribution >= 4 is 21.8 Å². The summed E-state index contributed by atoms with van der Waals surface area (Å²) in [6, 6.07) is 4.44. The Balaban J connectivity index is 1.96. The molecule has 2 amide bonds. The maximum Gasteiger partial charge on any atom is 0.243 e. The average molecular weight is 414 g/mol. The fourth-order valence-corrected chi connectivity index (χ4v) is 4.37. The lowest BCUT2D eigenvalue weighted by atomic mass is 10.2. The van der Waals surface area contributed by atoms with Gasteiger partial charge in [-0.3, -0.25) is 15.0 Å². The summed E-state index contributed by atoms with van der Waals surface area (Å²) in [5.74, 6) is 5.35. The molecule has 0 saturated carbocycles. The van der Waals surface area contributed by atoms with Crippen LogP contribution in [0.1, 0.15) is 19.3 Å². The van der Waals surface area contributed by atoms with Crippen molar-refractivity contribution < 1.29 is 27.5 Å². The van der Waals surface area contributed by atoms with Crippen LogP contribution < -0.4 is 20.7 Å². The predicted octanol–water partition coefficient (Wildman–Crippen LogP) is -0.303. The third kappa shape index (κ3) is 5.12. The van der Waals surface area contributed by atoms with E-state index in [9.17, 15) is 18.0 Å². The minimum absolute atomic E-state index is 0.104. The Hall–Kier alpha value is -2.37. The summed E-state index contributed by atoms with van der Waals surface area (Å²) in [6.45, 7) is 1.00. The van der Waals surface area contributed by atoms with Gasteiger partial charge in [-0.1, -0.05) is 0 Å². The maximum absolute atomic E-state index is 12.9. The summed E-state index contributed by atoms with van der Waals surface area (Å²) in [6.07, 6.45) is 0.789. The molecule has 1 aromatic carbocycles. The normalized spacial score (nSPS) is 15.2. The number of nitrogens with zero attached hydrogens (tertiary/aromatic N) is 2. The van der Waals surface area contributed by atoms with E-state index in [0.29, 0.717) is 31.0 Å². The van der Waals surface area contributed by atoms with E-state index < -0.39 is 10.0 Å². The standard InChI is InChI=1S/C17H26N4O6S/c1-26-14-7-6-13(12-15(14)27-2)28(24,25)21-10-8-20(9-11-21)17(23)5-3-4-16(22)19-18/h6-7,12H,3-5,8-11,18H2,1-2H3,(H,19,22). The van der Waals surface area contributed by atoms with Gasteiger partial charge in [0.1, 0.15) is 0 Å². The number of sulfonamides is 1. The summed E-state index contributed by atoms with van der Waals surface area (Å²) in [4.78, 5) is 25.0. The highest BCUT2D eigenvalue weighted by Gasteiger charge is 2.30. The number of carbonyl (C=O) groups excluding carboxylic acids is 2. The molecule has 1 saturated heterocycles. The van der Waals surface area contributed by atoms with Crippen LogP contribution in [0.2, 0.25) is 0 Å². The van der Waals surface area contributed by atoms with Gasteiger partial charge in [-0.15, -0.1) is 0 Å². The molecule has 1 heterocycles. The summed E-state index contributed by atoms with van der Waals surface area (Å²) in [5, 5.41) is 0. The molecule has 0 unspecified atom stereocenters. The van der Waals surface area contributed by atoms with E-state index in [-0.39, 0.29) is 42.6 Å². The molecule has 156 valence electrons. The lowest BCUT2D eigenvalue weighted by molar-refractivity contribution is -0.132.